The van der Waals surface area contributed by atoms with Gasteiger partial charge in [-0.15, -0.1) is 0 Å². The average molecular weight is 293 g/mol. The van der Waals surface area contributed by atoms with Crippen LogP contribution in [0.5, 0.6) is 0 Å². The second-order valence-corrected chi connectivity index (χ2v) is 6.26. The van der Waals surface area contributed by atoms with E-state index in [4.69, 9.17) is 4.42 Å². The molecule has 1 aromatic rings. The normalized spacial score (nSPS) is 27.4. The molecular formula is C19H19NO2. The fourth-order valence-corrected chi connectivity index (χ4v) is 3.63. The molecule has 0 bridgehead atoms. The van der Waals surface area contributed by atoms with Crippen molar-refractivity contribution in [2.24, 2.45) is 0 Å². The number of fused-ring (bicyclic) bond motifs is 1. The van der Waals surface area contributed by atoms with Gasteiger partial charge in [-0.3, -0.25) is 4.79 Å². The van der Waals surface area contributed by atoms with E-state index < -0.39 is 5.54 Å². The first-order valence-corrected chi connectivity index (χ1v) is 7.88. The molecule has 0 N–H and O–H groups in total. The van der Waals surface area contributed by atoms with E-state index in [2.05, 4.69) is 11.0 Å². The molecule has 3 nitrogen and oxygen atoms in total. The fourth-order valence-electron chi connectivity index (χ4n) is 3.63. The van der Waals surface area contributed by atoms with E-state index in [1.165, 1.54) is 18.4 Å². The molecule has 0 fully saturated rings. The number of allylic oxidation sites excluding steroid dienone is 4. The standard InChI is InChI=1S/C19H19NO2/c1-19-10-5-6-11-20(19)17(14-7-3-2-4-8-14)16(18(19)21)15-9-12-22-13-15/h5-7,9-13H,2-4,8H2,1H3. The van der Waals surface area contributed by atoms with Crippen LogP contribution >= 0.6 is 0 Å². The molecule has 1 aliphatic carbocycles. The quantitative estimate of drug-likeness (QED) is 0.818. The van der Waals surface area contributed by atoms with Crippen LogP contribution in [0.2, 0.25) is 0 Å². The zero-order valence-corrected chi connectivity index (χ0v) is 12.7. The molecule has 3 heterocycles. The van der Waals surface area contributed by atoms with Gasteiger partial charge in [0.05, 0.1) is 23.8 Å². The number of ketones is 1. The second kappa shape index (κ2) is 4.87. The van der Waals surface area contributed by atoms with Crippen molar-refractivity contribution in [1.29, 1.82) is 0 Å². The maximum absolute atomic E-state index is 13.2. The van der Waals surface area contributed by atoms with Crippen LogP contribution in [-0.2, 0) is 4.79 Å². The second-order valence-electron chi connectivity index (χ2n) is 6.26. The number of hydrogen-bond acceptors (Lipinski definition) is 3. The topological polar surface area (TPSA) is 33.5 Å². The first-order chi connectivity index (χ1) is 10.7. The van der Waals surface area contributed by atoms with Crippen molar-refractivity contribution in [2.45, 2.75) is 38.1 Å². The van der Waals surface area contributed by atoms with Crippen molar-refractivity contribution in [2.75, 3.05) is 0 Å². The number of rotatable bonds is 2. The summed E-state index contributed by atoms with van der Waals surface area (Å²) in [4.78, 5) is 15.3. The van der Waals surface area contributed by atoms with E-state index in [-0.39, 0.29) is 5.78 Å². The highest BCUT2D eigenvalue weighted by molar-refractivity contribution is 6.29. The first kappa shape index (κ1) is 13.4. The minimum atomic E-state index is -0.616. The van der Waals surface area contributed by atoms with Gasteiger partial charge in [-0.25, -0.2) is 0 Å². The van der Waals surface area contributed by atoms with Crippen LogP contribution in [0, 0.1) is 0 Å². The van der Waals surface area contributed by atoms with Gasteiger partial charge < -0.3 is 9.32 Å². The summed E-state index contributed by atoms with van der Waals surface area (Å²) in [7, 11) is 0. The van der Waals surface area contributed by atoms with Gasteiger partial charge in [-0.05, 0) is 50.3 Å². The molecule has 0 spiro atoms. The number of furan rings is 1. The van der Waals surface area contributed by atoms with E-state index in [0.717, 1.165) is 29.7 Å². The van der Waals surface area contributed by atoms with Gasteiger partial charge in [0.15, 0.2) is 5.78 Å². The number of Topliss-reactive ketones (excluding diaryl/α,β-unsaturated/α-hetero) is 1. The van der Waals surface area contributed by atoms with Gasteiger partial charge >= 0.3 is 0 Å². The summed E-state index contributed by atoms with van der Waals surface area (Å²) in [5.41, 5.74) is 3.41. The monoisotopic (exact) mass is 293 g/mol. The predicted molar refractivity (Wildman–Crippen MR) is 85.7 cm³/mol. The Bertz CT molecular complexity index is 733. The summed E-state index contributed by atoms with van der Waals surface area (Å²) in [6, 6.07) is 1.88. The molecule has 0 saturated carbocycles. The molecule has 22 heavy (non-hydrogen) atoms. The summed E-state index contributed by atoms with van der Waals surface area (Å²) in [5.74, 6) is 0.149. The van der Waals surface area contributed by atoms with Crippen molar-refractivity contribution in [3.63, 3.8) is 0 Å². The van der Waals surface area contributed by atoms with Crippen LogP contribution in [0.15, 0.2) is 64.8 Å². The highest BCUT2D eigenvalue weighted by Gasteiger charge is 2.48. The maximum Gasteiger partial charge on any atom is 0.195 e. The molecule has 0 saturated heterocycles. The van der Waals surface area contributed by atoms with Crippen molar-refractivity contribution in [3.8, 4) is 0 Å². The van der Waals surface area contributed by atoms with Gasteiger partial charge in [0.2, 0.25) is 0 Å². The average Bonchev–Trinajstić information content (AvgIpc) is 3.14. The Hall–Kier alpha value is -2.29. The summed E-state index contributed by atoms with van der Waals surface area (Å²) < 4.78 is 5.24. The molecular weight excluding hydrogens is 274 g/mol. The zero-order valence-electron chi connectivity index (χ0n) is 12.7. The minimum Gasteiger partial charge on any atom is -0.472 e. The molecule has 0 amide bonds. The Balaban J connectivity index is 1.94. The van der Waals surface area contributed by atoms with Gasteiger partial charge in [0.25, 0.3) is 0 Å². The highest BCUT2D eigenvalue weighted by Crippen LogP contribution is 2.46. The summed E-state index contributed by atoms with van der Waals surface area (Å²) in [6.45, 7) is 1.99. The molecule has 0 aromatic carbocycles. The van der Waals surface area contributed by atoms with Crippen molar-refractivity contribution in [3.05, 3.63) is 65.9 Å². The Morgan fingerprint density at radius 2 is 2.18 bits per heavy atom. The lowest BCUT2D eigenvalue weighted by molar-refractivity contribution is -0.118. The van der Waals surface area contributed by atoms with Gasteiger partial charge in [0.1, 0.15) is 5.54 Å². The largest absolute Gasteiger partial charge is 0.472 e. The summed E-state index contributed by atoms with van der Waals surface area (Å²) in [5, 5.41) is 0. The Kier molecular flexibility index (Phi) is 2.96. The third-order valence-electron chi connectivity index (χ3n) is 4.84. The molecule has 1 atom stereocenters. The predicted octanol–water partition coefficient (Wildman–Crippen LogP) is 4.22. The third-order valence-corrected chi connectivity index (χ3v) is 4.84. The van der Waals surface area contributed by atoms with Crippen LogP contribution in [0.4, 0.5) is 0 Å². The molecule has 3 heteroatoms. The lowest BCUT2D eigenvalue weighted by Crippen LogP contribution is -2.43. The number of nitrogens with zero attached hydrogens (tertiary/aromatic N) is 1. The van der Waals surface area contributed by atoms with E-state index in [9.17, 15) is 4.79 Å². The Morgan fingerprint density at radius 1 is 1.27 bits per heavy atom. The van der Waals surface area contributed by atoms with Crippen LogP contribution in [0.1, 0.15) is 38.2 Å². The summed E-state index contributed by atoms with van der Waals surface area (Å²) in [6.07, 6.45) is 18.1. The summed E-state index contributed by atoms with van der Waals surface area (Å²) >= 11 is 0. The molecule has 1 aromatic heterocycles. The van der Waals surface area contributed by atoms with Crippen LogP contribution < -0.4 is 0 Å². The molecule has 112 valence electrons. The van der Waals surface area contributed by atoms with Crippen LogP contribution in [0.3, 0.4) is 0 Å². The third kappa shape index (κ3) is 1.78. The van der Waals surface area contributed by atoms with Crippen molar-refractivity contribution in [1.82, 2.24) is 4.90 Å². The SMILES string of the molecule is CC12C=CC=CN1C(C1=CCCCC1)=C(c1ccoc1)C2=O. The van der Waals surface area contributed by atoms with Gasteiger partial charge in [-0.1, -0.05) is 18.2 Å². The Morgan fingerprint density at radius 3 is 2.91 bits per heavy atom. The lowest BCUT2D eigenvalue weighted by atomic mass is 9.90. The zero-order chi connectivity index (χ0) is 15.2. The van der Waals surface area contributed by atoms with E-state index in [1.54, 1.807) is 12.5 Å². The highest BCUT2D eigenvalue weighted by atomic mass is 16.3. The molecule has 4 rings (SSSR count). The van der Waals surface area contributed by atoms with Crippen LogP contribution in [-0.4, -0.2) is 16.2 Å². The fraction of sp³-hybridized carbons (Fsp3) is 0.316. The molecule has 3 aliphatic rings. The smallest absolute Gasteiger partial charge is 0.195 e. The number of hydrogen-bond donors (Lipinski definition) is 0. The van der Waals surface area contributed by atoms with E-state index in [0.29, 0.717) is 0 Å². The molecule has 0 radical (unpaired) electrons. The lowest BCUT2D eigenvalue weighted by Gasteiger charge is -2.35. The van der Waals surface area contributed by atoms with Gasteiger partial charge in [0, 0.05) is 11.8 Å². The Labute approximate surface area is 130 Å². The number of carbonyl (C=O) groups is 1. The molecule has 2 aliphatic heterocycles. The maximum atomic E-state index is 13.2. The number of carbonyl (C=O) groups excluding carboxylic acids is 1. The first-order valence-electron chi connectivity index (χ1n) is 7.88. The van der Waals surface area contributed by atoms with E-state index >= 15 is 0 Å². The van der Waals surface area contributed by atoms with Gasteiger partial charge in [-0.2, -0.15) is 0 Å². The van der Waals surface area contributed by atoms with Crippen molar-refractivity contribution >= 4 is 11.4 Å². The van der Waals surface area contributed by atoms with Crippen LogP contribution in [0.25, 0.3) is 5.57 Å². The minimum absolute atomic E-state index is 0.149. The molecule has 1 unspecified atom stereocenters. The van der Waals surface area contributed by atoms with E-state index in [1.807, 2.05) is 37.4 Å². The van der Waals surface area contributed by atoms with Crippen molar-refractivity contribution < 1.29 is 9.21 Å².